The first kappa shape index (κ1) is 16.2. The third-order valence-corrected chi connectivity index (χ3v) is 5.44. The van der Waals surface area contributed by atoms with Crippen LogP contribution in [0.1, 0.15) is 34.7 Å². The SMILES string of the molecule is CCCNC(c1cccc(S(C)(=O)=O)c1)c1ccc(C)s1. The van der Waals surface area contributed by atoms with Crippen molar-refractivity contribution < 1.29 is 8.42 Å². The zero-order valence-electron chi connectivity index (χ0n) is 12.6. The topological polar surface area (TPSA) is 46.2 Å². The van der Waals surface area contributed by atoms with Gasteiger partial charge in [0.1, 0.15) is 0 Å². The fourth-order valence-corrected chi connectivity index (χ4v) is 3.86. The van der Waals surface area contributed by atoms with E-state index in [0.717, 1.165) is 18.5 Å². The first-order valence-electron chi connectivity index (χ1n) is 7.01. The molecular formula is C16H21NO2S2. The van der Waals surface area contributed by atoms with E-state index in [1.807, 2.05) is 12.1 Å². The Labute approximate surface area is 130 Å². The van der Waals surface area contributed by atoms with Gasteiger partial charge in [-0.05, 0) is 49.7 Å². The molecule has 21 heavy (non-hydrogen) atoms. The van der Waals surface area contributed by atoms with Crippen molar-refractivity contribution in [1.29, 1.82) is 0 Å². The number of hydrogen-bond donors (Lipinski definition) is 1. The van der Waals surface area contributed by atoms with E-state index in [1.54, 1.807) is 23.5 Å². The maximum atomic E-state index is 11.7. The molecule has 0 aliphatic carbocycles. The van der Waals surface area contributed by atoms with Crippen LogP contribution in [0.2, 0.25) is 0 Å². The Hall–Kier alpha value is -1.17. The van der Waals surface area contributed by atoms with Crippen LogP contribution in [0.5, 0.6) is 0 Å². The Kier molecular flexibility index (Phi) is 5.19. The van der Waals surface area contributed by atoms with E-state index in [9.17, 15) is 8.42 Å². The molecule has 3 nitrogen and oxygen atoms in total. The second kappa shape index (κ2) is 6.73. The molecule has 0 spiro atoms. The van der Waals surface area contributed by atoms with E-state index in [0.29, 0.717) is 4.90 Å². The maximum absolute atomic E-state index is 11.7. The van der Waals surface area contributed by atoms with Crippen molar-refractivity contribution in [3.8, 4) is 0 Å². The molecule has 5 heteroatoms. The van der Waals surface area contributed by atoms with Crippen LogP contribution in [-0.4, -0.2) is 21.2 Å². The van der Waals surface area contributed by atoms with Crippen LogP contribution in [0.4, 0.5) is 0 Å². The lowest BCUT2D eigenvalue weighted by atomic mass is 10.1. The van der Waals surface area contributed by atoms with Gasteiger partial charge < -0.3 is 5.32 Å². The minimum Gasteiger partial charge on any atom is -0.306 e. The van der Waals surface area contributed by atoms with Gasteiger partial charge in [-0.1, -0.05) is 19.1 Å². The summed E-state index contributed by atoms with van der Waals surface area (Å²) in [4.78, 5) is 2.84. The van der Waals surface area contributed by atoms with Gasteiger partial charge in [0, 0.05) is 16.0 Å². The fraction of sp³-hybridized carbons (Fsp3) is 0.375. The first-order chi connectivity index (χ1) is 9.91. The number of sulfone groups is 1. The fourth-order valence-electron chi connectivity index (χ4n) is 2.20. The molecule has 1 N–H and O–H groups in total. The van der Waals surface area contributed by atoms with Crippen LogP contribution >= 0.6 is 11.3 Å². The molecule has 2 aromatic rings. The molecule has 0 saturated carbocycles. The van der Waals surface area contributed by atoms with Crippen molar-refractivity contribution in [3.05, 3.63) is 51.7 Å². The van der Waals surface area contributed by atoms with Gasteiger partial charge in [0.15, 0.2) is 9.84 Å². The normalized spacial score (nSPS) is 13.3. The number of thiophene rings is 1. The van der Waals surface area contributed by atoms with Crippen molar-refractivity contribution in [1.82, 2.24) is 5.32 Å². The van der Waals surface area contributed by atoms with Crippen molar-refractivity contribution in [2.24, 2.45) is 0 Å². The largest absolute Gasteiger partial charge is 0.306 e. The molecule has 1 aromatic heterocycles. The Morgan fingerprint density at radius 2 is 2.00 bits per heavy atom. The lowest BCUT2D eigenvalue weighted by molar-refractivity contribution is 0.597. The molecule has 0 aliphatic rings. The lowest BCUT2D eigenvalue weighted by Crippen LogP contribution is -2.22. The lowest BCUT2D eigenvalue weighted by Gasteiger charge is -2.18. The third-order valence-electron chi connectivity index (χ3n) is 3.26. The highest BCUT2D eigenvalue weighted by Gasteiger charge is 2.17. The molecule has 1 unspecified atom stereocenters. The molecule has 0 fully saturated rings. The summed E-state index contributed by atoms with van der Waals surface area (Å²) in [5.41, 5.74) is 0.994. The monoisotopic (exact) mass is 323 g/mol. The molecule has 0 aliphatic heterocycles. The van der Waals surface area contributed by atoms with Crippen LogP contribution < -0.4 is 5.32 Å². The summed E-state index contributed by atoms with van der Waals surface area (Å²) in [5, 5.41) is 3.51. The highest BCUT2D eigenvalue weighted by Crippen LogP contribution is 2.29. The molecule has 2 rings (SSSR count). The zero-order valence-corrected chi connectivity index (χ0v) is 14.2. The van der Waals surface area contributed by atoms with Crippen molar-refractivity contribution in [2.45, 2.75) is 31.2 Å². The van der Waals surface area contributed by atoms with Gasteiger partial charge in [-0.15, -0.1) is 11.3 Å². The summed E-state index contributed by atoms with van der Waals surface area (Å²) in [6, 6.07) is 11.5. The Morgan fingerprint density at radius 1 is 1.24 bits per heavy atom. The average molecular weight is 323 g/mol. The molecule has 1 aromatic carbocycles. The molecule has 0 amide bonds. The number of aryl methyl sites for hydroxylation is 1. The van der Waals surface area contributed by atoms with E-state index in [2.05, 4.69) is 31.3 Å². The van der Waals surface area contributed by atoms with E-state index < -0.39 is 9.84 Å². The minimum absolute atomic E-state index is 0.0466. The minimum atomic E-state index is -3.18. The number of hydrogen-bond acceptors (Lipinski definition) is 4. The van der Waals surface area contributed by atoms with Gasteiger partial charge in [-0.2, -0.15) is 0 Å². The number of benzene rings is 1. The van der Waals surface area contributed by atoms with E-state index in [-0.39, 0.29) is 6.04 Å². The molecule has 1 heterocycles. The van der Waals surface area contributed by atoms with Crippen LogP contribution in [0.3, 0.4) is 0 Å². The molecule has 0 radical (unpaired) electrons. The number of nitrogens with one attached hydrogen (secondary N) is 1. The highest BCUT2D eigenvalue weighted by molar-refractivity contribution is 7.90. The smallest absolute Gasteiger partial charge is 0.175 e. The van der Waals surface area contributed by atoms with Crippen LogP contribution in [0.25, 0.3) is 0 Å². The quantitative estimate of drug-likeness (QED) is 0.884. The highest BCUT2D eigenvalue weighted by atomic mass is 32.2. The summed E-state index contributed by atoms with van der Waals surface area (Å²) in [6.45, 7) is 5.10. The summed E-state index contributed by atoms with van der Waals surface area (Å²) < 4.78 is 23.5. The van der Waals surface area contributed by atoms with Crippen LogP contribution in [0.15, 0.2) is 41.3 Å². The van der Waals surface area contributed by atoms with Gasteiger partial charge >= 0.3 is 0 Å². The van der Waals surface area contributed by atoms with E-state index in [1.165, 1.54) is 16.0 Å². The summed E-state index contributed by atoms with van der Waals surface area (Å²) >= 11 is 1.74. The predicted molar refractivity (Wildman–Crippen MR) is 88.7 cm³/mol. The Balaban J connectivity index is 2.41. The average Bonchev–Trinajstić information content (AvgIpc) is 2.85. The zero-order chi connectivity index (χ0) is 15.5. The first-order valence-corrected chi connectivity index (χ1v) is 9.72. The second-order valence-electron chi connectivity index (χ2n) is 5.18. The molecule has 114 valence electrons. The van der Waals surface area contributed by atoms with Crippen LogP contribution in [0, 0.1) is 6.92 Å². The molecule has 0 saturated heterocycles. The standard InChI is InChI=1S/C16H21NO2S2/c1-4-10-17-16(15-9-8-12(2)20-15)13-6-5-7-14(11-13)21(3,18)19/h5-9,11,16-17H,4,10H2,1-3H3. The van der Waals surface area contributed by atoms with E-state index >= 15 is 0 Å². The van der Waals surface area contributed by atoms with Gasteiger partial charge in [0.25, 0.3) is 0 Å². The molecular weight excluding hydrogens is 302 g/mol. The van der Waals surface area contributed by atoms with Gasteiger partial charge in [0.05, 0.1) is 10.9 Å². The molecule has 1 atom stereocenters. The third kappa shape index (κ3) is 4.15. The van der Waals surface area contributed by atoms with Crippen molar-refractivity contribution in [2.75, 3.05) is 12.8 Å². The Morgan fingerprint density at radius 3 is 2.57 bits per heavy atom. The van der Waals surface area contributed by atoms with Gasteiger partial charge in [-0.25, -0.2) is 8.42 Å². The summed E-state index contributed by atoms with van der Waals surface area (Å²) in [6.07, 6.45) is 2.28. The number of rotatable bonds is 6. The summed E-state index contributed by atoms with van der Waals surface area (Å²) in [7, 11) is -3.18. The maximum Gasteiger partial charge on any atom is 0.175 e. The summed E-state index contributed by atoms with van der Waals surface area (Å²) in [5.74, 6) is 0. The van der Waals surface area contributed by atoms with E-state index in [4.69, 9.17) is 0 Å². The molecule has 0 bridgehead atoms. The second-order valence-corrected chi connectivity index (χ2v) is 8.52. The predicted octanol–water partition coefficient (Wildman–Crippen LogP) is 3.55. The van der Waals surface area contributed by atoms with Crippen LogP contribution in [-0.2, 0) is 9.84 Å². The van der Waals surface area contributed by atoms with Gasteiger partial charge in [-0.3, -0.25) is 0 Å². The van der Waals surface area contributed by atoms with Gasteiger partial charge in [0.2, 0.25) is 0 Å². The van der Waals surface area contributed by atoms with Crippen molar-refractivity contribution in [3.63, 3.8) is 0 Å². The van der Waals surface area contributed by atoms with Crippen molar-refractivity contribution >= 4 is 21.2 Å². The Bertz CT molecular complexity index is 705.